The first-order chi connectivity index (χ1) is 8.72. The lowest BCUT2D eigenvalue weighted by Crippen LogP contribution is -2.05. The van der Waals surface area contributed by atoms with Gasteiger partial charge in [-0.1, -0.05) is 19.1 Å². The van der Waals surface area contributed by atoms with Crippen molar-refractivity contribution >= 4 is 5.78 Å². The van der Waals surface area contributed by atoms with Crippen LogP contribution in [0.3, 0.4) is 0 Å². The van der Waals surface area contributed by atoms with Gasteiger partial charge < -0.3 is 9.15 Å². The molecular formula is C15H16O3. The number of para-hydroxylation sites is 1. The zero-order valence-electron chi connectivity index (χ0n) is 10.6. The van der Waals surface area contributed by atoms with E-state index in [0.717, 1.165) is 12.2 Å². The molecule has 0 saturated carbocycles. The standard InChI is InChI=1S/C15H16O3/c1-3-8-17-14-7-5-4-6-13(14)15(16)12-9-11(2)18-10-12/h4-7,9-10H,3,8H2,1-2H3. The summed E-state index contributed by atoms with van der Waals surface area (Å²) >= 11 is 0. The highest BCUT2D eigenvalue weighted by molar-refractivity contribution is 6.10. The molecule has 0 fully saturated rings. The SMILES string of the molecule is CCCOc1ccccc1C(=O)c1coc(C)c1. The monoisotopic (exact) mass is 244 g/mol. The number of furan rings is 1. The summed E-state index contributed by atoms with van der Waals surface area (Å²) in [5.74, 6) is 1.28. The highest BCUT2D eigenvalue weighted by Crippen LogP contribution is 2.22. The van der Waals surface area contributed by atoms with Crippen molar-refractivity contribution in [2.45, 2.75) is 20.3 Å². The second-order valence-corrected chi connectivity index (χ2v) is 4.12. The first-order valence-electron chi connectivity index (χ1n) is 6.04. The summed E-state index contributed by atoms with van der Waals surface area (Å²) in [4.78, 5) is 12.3. The lowest BCUT2D eigenvalue weighted by atomic mass is 10.0. The van der Waals surface area contributed by atoms with E-state index in [0.29, 0.717) is 23.5 Å². The molecule has 2 rings (SSSR count). The maximum Gasteiger partial charge on any atom is 0.199 e. The maximum absolute atomic E-state index is 12.3. The Balaban J connectivity index is 2.29. The first-order valence-corrected chi connectivity index (χ1v) is 6.04. The van der Waals surface area contributed by atoms with E-state index in [1.54, 1.807) is 12.1 Å². The van der Waals surface area contributed by atoms with Crippen LogP contribution in [-0.2, 0) is 0 Å². The van der Waals surface area contributed by atoms with E-state index in [9.17, 15) is 4.79 Å². The third-order valence-corrected chi connectivity index (χ3v) is 2.59. The van der Waals surface area contributed by atoms with Gasteiger partial charge in [-0.25, -0.2) is 0 Å². The fourth-order valence-electron chi connectivity index (χ4n) is 1.71. The molecule has 0 spiro atoms. The van der Waals surface area contributed by atoms with Gasteiger partial charge in [-0.05, 0) is 31.5 Å². The van der Waals surface area contributed by atoms with Crippen molar-refractivity contribution in [3.8, 4) is 5.75 Å². The maximum atomic E-state index is 12.3. The van der Waals surface area contributed by atoms with Crippen LogP contribution in [0.15, 0.2) is 41.0 Å². The zero-order valence-corrected chi connectivity index (χ0v) is 10.6. The fourth-order valence-corrected chi connectivity index (χ4v) is 1.71. The van der Waals surface area contributed by atoms with E-state index < -0.39 is 0 Å². The van der Waals surface area contributed by atoms with Gasteiger partial charge in [0.05, 0.1) is 17.7 Å². The second kappa shape index (κ2) is 5.54. The molecule has 1 heterocycles. The van der Waals surface area contributed by atoms with E-state index in [1.807, 2.05) is 32.0 Å². The van der Waals surface area contributed by atoms with E-state index in [4.69, 9.17) is 9.15 Å². The molecule has 0 unspecified atom stereocenters. The molecule has 0 radical (unpaired) electrons. The number of hydrogen-bond donors (Lipinski definition) is 0. The van der Waals surface area contributed by atoms with E-state index in [1.165, 1.54) is 6.26 Å². The molecule has 0 amide bonds. The van der Waals surface area contributed by atoms with Crippen molar-refractivity contribution in [1.82, 2.24) is 0 Å². The van der Waals surface area contributed by atoms with Crippen LogP contribution in [0.25, 0.3) is 0 Å². The van der Waals surface area contributed by atoms with Gasteiger partial charge in [0.2, 0.25) is 0 Å². The molecule has 3 nitrogen and oxygen atoms in total. The minimum absolute atomic E-state index is 0.0708. The smallest absolute Gasteiger partial charge is 0.199 e. The molecule has 1 aromatic carbocycles. The van der Waals surface area contributed by atoms with Crippen molar-refractivity contribution < 1.29 is 13.9 Å². The van der Waals surface area contributed by atoms with Crippen LogP contribution >= 0.6 is 0 Å². The summed E-state index contributed by atoms with van der Waals surface area (Å²) in [6.45, 7) is 4.45. The highest BCUT2D eigenvalue weighted by Gasteiger charge is 2.15. The molecule has 18 heavy (non-hydrogen) atoms. The third-order valence-electron chi connectivity index (χ3n) is 2.59. The molecule has 0 bridgehead atoms. The quantitative estimate of drug-likeness (QED) is 0.754. The topological polar surface area (TPSA) is 39.4 Å². The minimum Gasteiger partial charge on any atom is -0.493 e. The molecule has 0 atom stereocenters. The van der Waals surface area contributed by atoms with Crippen LogP contribution in [0.5, 0.6) is 5.75 Å². The van der Waals surface area contributed by atoms with Gasteiger partial charge >= 0.3 is 0 Å². The normalized spacial score (nSPS) is 10.3. The van der Waals surface area contributed by atoms with Crippen LogP contribution < -0.4 is 4.74 Å². The Morgan fingerprint density at radius 2 is 2.11 bits per heavy atom. The Labute approximate surface area is 106 Å². The van der Waals surface area contributed by atoms with Crippen LogP contribution in [0, 0.1) is 6.92 Å². The first kappa shape index (κ1) is 12.4. The van der Waals surface area contributed by atoms with Gasteiger partial charge in [-0.15, -0.1) is 0 Å². The van der Waals surface area contributed by atoms with Crippen LogP contribution in [0.1, 0.15) is 35.0 Å². The number of rotatable bonds is 5. The average Bonchev–Trinajstić information content (AvgIpc) is 2.82. The van der Waals surface area contributed by atoms with Crippen molar-refractivity contribution in [2.75, 3.05) is 6.61 Å². The lowest BCUT2D eigenvalue weighted by molar-refractivity contribution is 0.103. The largest absolute Gasteiger partial charge is 0.493 e. The number of ketones is 1. The third kappa shape index (κ3) is 2.62. The van der Waals surface area contributed by atoms with Gasteiger partial charge in [0.25, 0.3) is 0 Å². The summed E-state index contributed by atoms with van der Waals surface area (Å²) in [5, 5.41) is 0. The number of carbonyl (C=O) groups excluding carboxylic acids is 1. The van der Waals surface area contributed by atoms with Gasteiger partial charge in [-0.3, -0.25) is 4.79 Å². The molecule has 0 aliphatic heterocycles. The zero-order chi connectivity index (χ0) is 13.0. The summed E-state index contributed by atoms with van der Waals surface area (Å²) < 4.78 is 10.8. The molecule has 3 heteroatoms. The summed E-state index contributed by atoms with van der Waals surface area (Å²) in [6.07, 6.45) is 2.39. The van der Waals surface area contributed by atoms with Crippen molar-refractivity contribution in [3.05, 3.63) is 53.5 Å². The lowest BCUT2D eigenvalue weighted by Gasteiger charge is -2.08. The minimum atomic E-state index is -0.0708. The predicted molar refractivity (Wildman–Crippen MR) is 69.1 cm³/mol. The van der Waals surface area contributed by atoms with Gasteiger partial charge in [0.15, 0.2) is 5.78 Å². The predicted octanol–water partition coefficient (Wildman–Crippen LogP) is 3.61. The Morgan fingerprint density at radius 3 is 2.78 bits per heavy atom. The number of ether oxygens (including phenoxy) is 1. The molecular weight excluding hydrogens is 228 g/mol. The number of aryl methyl sites for hydroxylation is 1. The van der Waals surface area contributed by atoms with Gasteiger partial charge in [0.1, 0.15) is 17.8 Å². The van der Waals surface area contributed by atoms with Crippen molar-refractivity contribution in [2.24, 2.45) is 0 Å². The summed E-state index contributed by atoms with van der Waals surface area (Å²) in [7, 11) is 0. The summed E-state index contributed by atoms with van der Waals surface area (Å²) in [6, 6.07) is 9.02. The Hall–Kier alpha value is -2.03. The van der Waals surface area contributed by atoms with Crippen LogP contribution in [0.4, 0.5) is 0 Å². The molecule has 0 aliphatic carbocycles. The molecule has 0 aliphatic rings. The van der Waals surface area contributed by atoms with Crippen LogP contribution in [0.2, 0.25) is 0 Å². The van der Waals surface area contributed by atoms with E-state index >= 15 is 0 Å². The Bertz CT molecular complexity index is 540. The number of hydrogen-bond acceptors (Lipinski definition) is 3. The molecule has 2 aromatic rings. The highest BCUT2D eigenvalue weighted by atomic mass is 16.5. The fraction of sp³-hybridized carbons (Fsp3) is 0.267. The molecule has 94 valence electrons. The average molecular weight is 244 g/mol. The van der Waals surface area contributed by atoms with Crippen molar-refractivity contribution in [3.63, 3.8) is 0 Å². The Kier molecular flexibility index (Phi) is 3.82. The molecule has 0 saturated heterocycles. The number of benzene rings is 1. The molecule has 1 aromatic heterocycles. The van der Waals surface area contributed by atoms with E-state index in [-0.39, 0.29) is 5.78 Å². The van der Waals surface area contributed by atoms with Crippen molar-refractivity contribution in [1.29, 1.82) is 0 Å². The molecule has 0 N–H and O–H groups in total. The van der Waals surface area contributed by atoms with E-state index in [2.05, 4.69) is 0 Å². The number of carbonyl (C=O) groups is 1. The van der Waals surface area contributed by atoms with Gasteiger partial charge in [0, 0.05) is 0 Å². The second-order valence-electron chi connectivity index (χ2n) is 4.12. The van der Waals surface area contributed by atoms with Gasteiger partial charge in [-0.2, -0.15) is 0 Å². The Morgan fingerprint density at radius 1 is 1.33 bits per heavy atom. The van der Waals surface area contributed by atoms with Crippen LogP contribution in [-0.4, -0.2) is 12.4 Å². The summed E-state index contributed by atoms with van der Waals surface area (Å²) in [5.41, 5.74) is 1.13.